The van der Waals surface area contributed by atoms with Crippen LogP contribution in [0.2, 0.25) is 20.2 Å². The number of anilines is 5. The van der Waals surface area contributed by atoms with Crippen molar-refractivity contribution >= 4 is 159 Å². The molecule has 9 heterocycles. The monoisotopic (exact) mass is 1490 g/mol. The Bertz CT molecular complexity index is 4910. The largest absolute Gasteiger partial charge is 1.00 e. The van der Waals surface area contributed by atoms with Crippen molar-refractivity contribution in [1.82, 2.24) is 57.3 Å². The number of carbonyl (C=O) groups is 3. The molecule has 0 amide bonds. The first-order valence-corrected chi connectivity index (χ1v) is 32.9. The van der Waals surface area contributed by atoms with Gasteiger partial charge in [-0.3, -0.25) is 24.0 Å². The average Bonchev–Trinajstić information content (AvgIpc) is 0.824. The molecule has 27 nitrogen and oxygen atoms in total. The van der Waals surface area contributed by atoms with Crippen LogP contribution in [0, 0.1) is 0 Å². The second kappa shape index (κ2) is 37.2. The maximum absolute atomic E-state index is 13.3. The molecule has 0 radical (unpaired) electrons. The van der Waals surface area contributed by atoms with Crippen molar-refractivity contribution in [3.05, 3.63) is 180 Å². The van der Waals surface area contributed by atoms with Crippen LogP contribution >= 0.6 is 46.4 Å². The third-order valence-corrected chi connectivity index (χ3v) is 17.2. The van der Waals surface area contributed by atoms with E-state index in [2.05, 4.69) is 36.4 Å². The van der Waals surface area contributed by atoms with Gasteiger partial charge in [-0.1, -0.05) is 59.7 Å². The van der Waals surface area contributed by atoms with Crippen LogP contribution in [0.5, 0.6) is 0 Å². The number of hydrogen-bond donors (Lipinski definition) is 1. The summed E-state index contributed by atoms with van der Waals surface area (Å²) in [6, 6.07) is 20.0. The van der Waals surface area contributed by atoms with Crippen LogP contribution in [0.3, 0.4) is 0 Å². The number of nitrogens with zero attached hydrogens (tertiary/aromatic N) is 17. The van der Waals surface area contributed by atoms with E-state index in [4.69, 9.17) is 56.1 Å². The van der Waals surface area contributed by atoms with Gasteiger partial charge >= 0.3 is 71.1 Å². The van der Waals surface area contributed by atoms with Gasteiger partial charge in [-0.2, -0.15) is 0 Å². The van der Waals surface area contributed by atoms with Crippen molar-refractivity contribution < 1.29 is 93.9 Å². The van der Waals surface area contributed by atoms with Crippen LogP contribution in [0.4, 0.5) is 28.7 Å². The maximum atomic E-state index is 13.3. The Labute approximate surface area is 650 Å². The predicted octanol–water partition coefficient (Wildman–Crippen LogP) is 3.04. The van der Waals surface area contributed by atoms with Crippen molar-refractivity contribution in [3.63, 3.8) is 0 Å². The summed E-state index contributed by atoms with van der Waals surface area (Å²) < 4.78 is 15.8. The van der Waals surface area contributed by atoms with Crippen molar-refractivity contribution in [3.8, 4) is 0 Å². The van der Waals surface area contributed by atoms with Crippen LogP contribution in [0.25, 0.3) is 65.8 Å². The number of carbonyl (C=O) groups excluding carboxylic acids is 2. The maximum Gasteiger partial charge on any atom is 1.00 e. The van der Waals surface area contributed by atoms with Crippen LogP contribution < -0.4 is 105 Å². The molecule has 33 heteroatoms. The van der Waals surface area contributed by atoms with Gasteiger partial charge < -0.3 is 77.1 Å². The number of imidazole rings is 3. The number of aryl methyl sites for hydroxylation is 1. The number of benzene rings is 3. The number of aromatic nitrogens is 12. The van der Waals surface area contributed by atoms with E-state index in [1.165, 1.54) is 17.4 Å². The zero-order valence-corrected chi connectivity index (χ0v) is 65.7. The van der Waals surface area contributed by atoms with Gasteiger partial charge in [0.25, 0.3) is 0 Å². The Morgan fingerprint density at radius 1 is 0.490 bits per heavy atom. The van der Waals surface area contributed by atoms with Crippen molar-refractivity contribution in [2.24, 2.45) is 0 Å². The van der Waals surface area contributed by atoms with E-state index < -0.39 is 24.5 Å². The first kappa shape index (κ1) is 82.6. The number of rotatable bonds is 21. The first-order chi connectivity index (χ1) is 47.3. The number of hydrogen-bond acceptors (Lipinski definition) is 20. The standard InChI is InChI=1S/2C22H23ClN6O3.C18H17Cl2N3O3.C7H12N2.2Na.H2O/c2*1-26(2)20-16(23)6-4-14-19(20)29(12-18(30)31)22-15(21(14)32)5-7-17(25-22)27(3)10-11-28-9-8-24-13-28;1-4-26-14(24)9-23-15-10(5-7-12(19)16(15)22(2)3)17(25)11-6-8-13(20)21-18(11)23;1-2-3-5-9-6-4-8-7-9;;;/h2*4-9,13H,10-12H2,1-3H3,(H,30,31);5-8H,4,9H2,1-3H3;4,6-7H,2-3,5H2,1H3;;;1H2/q;;;;2*+1;/p-2. The molecule has 0 spiro atoms. The molecule has 2 N–H and O–H groups in total. The third-order valence-electron chi connectivity index (χ3n) is 16.0. The zero-order valence-electron chi connectivity index (χ0n) is 58.7. The molecule has 9 aromatic heterocycles. The number of likely N-dealkylation sites (N-methyl/N-ethyl adjacent to an activating group) is 2. The first-order valence-electron chi connectivity index (χ1n) is 31.3. The number of aliphatic carboxylic acids is 2. The van der Waals surface area contributed by atoms with Crippen molar-refractivity contribution in [2.45, 2.75) is 66.0 Å². The molecule has 0 bridgehead atoms. The Kier molecular flexibility index (Phi) is 30.1. The summed E-state index contributed by atoms with van der Waals surface area (Å²) in [5, 5.41) is 25.1. The minimum Gasteiger partial charge on any atom is -0.870 e. The average molecular weight is 1490 g/mol. The molecule has 12 rings (SSSR count). The molecular formula is C69H75Cl4N17Na2O10. The van der Waals surface area contributed by atoms with Crippen LogP contribution in [0.1, 0.15) is 26.7 Å². The fourth-order valence-corrected chi connectivity index (χ4v) is 12.5. The summed E-state index contributed by atoms with van der Waals surface area (Å²) in [5.41, 5.74) is 3.37. The number of esters is 1. The second-order valence-electron chi connectivity index (χ2n) is 23.6. The molecule has 526 valence electrons. The summed E-state index contributed by atoms with van der Waals surface area (Å²) in [7, 11) is 14.6. The predicted molar refractivity (Wildman–Crippen MR) is 393 cm³/mol. The topological polar surface area (TPSA) is 308 Å². The van der Waals surface area contributed by atoms with Crippen molar-refractivity contribution in [1.29, 1.82) is 0 Å². The fraction of sp³-hybridized carbons (Fsp3) is 0.304. The number of unbranched alkanes of at least 4 members (excludes halogenated alkanes) is 1. The van der Waals surface area contributed by atoms with E-state index in [0.717, 1.165) is 6.54 Å². The molecule has 0 unspecified atom stereocenters. The van der Waals surface area contributed by atoms with Gasteiger partial charge in [-0.15, -0.1) is 0 Å². The summed E-state index contributed by atoms with van der Waals surface area (Å²) in [5.74, 6) is -1.53. The Balaban J connectivity index is 0.000000224. The van der Waals surface area contributed by atoms with Gasteiger partial charge in [0.05, 0.1) is 103 Å². The minimum absolute atomic E-state index is 0. The molecule has 102 heavy (non-hydrogen) atoms. The Morgan fingerprint density at radius 2 is 0.843 bits per heavy atom. The summed E-state index contributed by atoms with van der Waals surface area (Å²) in [6.07, 6.45) is 18.8. The molecule has 0 atom stereocenters. The Hall–Kier alpha value is -8.32. The number of fused-ring (bicyclic) bond motifs is 6. The van der Waals surface area contributed by atoms with Crippen LogP contribution in [-0.4, -0.2) is 162 Å². The molecule has 0 saturated heterocycles. The third kappa shape index (κ3) is 18.9. The molecule has 0 aliphatic heterocycles. The number of pyridine rings is 6. The SMILES string of the molecule is CCCCn1ccnc1.CCOC(=O)Cn1c2nc(Cl)ccc2c(=O)c2ccc(Cl)c(N(C)C)c21.CN(C)c1c(Cl)ccc2c(=O)c3ccc(N(C)CCn4ccnc4)nc3n(CC(=O)O)c12.CN(C)c1c(Cl)ccc2c(=O)c3ccc(N(C)CCn4ccnc4)nc3n(CC(=O)[O-])c12.[Na+].[Na+].[OH-]. The number of halogens is 4. The molecule has 0 aliphatic rings. The van der Waals surface area contributed by atoms with Gasteiger partial charge in [0, 0.05) is 142 Å². The normalized spacial score (nSPS) is 10.8. The van der Waals surface area contributed by atoms with Gasteiger partial charge in [0.1, 0.15) is 46.8 Å². The van der Waals surface area contributed by atoms with E-state index in [1.54, 1.807) is 157 Å². The molecule has 0 saturated carbocycles. The summed E-state index contributed by atoms with van der Waals surface area (Å²) in [6.45, 7) is 7.04. The van der Waals surface area contributed by atoms with Gasteiger partial charge in [0.2, 0.25) is 0 Å². The number of carboxylic acid groups (broad SMARTS) is 2. The van der Waals surface area contributed by atoms with Crippen molar-refractivity contribution in [2.75, 3.05) is 101 Å². The summed E-state index contributed by atoms with van der Waals surface area (Å²) >= 11 is 25.3. The van der Waals surface area contributed by atoms with Gasteiger partial charge in [-0.25, -0.2) is 29.9 Å². The second-order valence-corrected chi connectivity index (χ2v) is 25.2. The zero-order chi connectivity index (χ0) is 71.5. The van der Waals surface area contributed by atoms with E-state index in [1.807, 2.05) is 78.2 Å². The molecule has 0 fully saturated rings. The van der Waals surface area contributed by atoms with Crippen LogP contribution in [-0.2, 0) is 58.4 Å². The van der Waals surface area contributed by atoms with E-state index in [9.17, 15) is 39.0 Å². The quantitative estimate of drug-likeness (QED) is 0.0468. The van der Waals surface area contributed by atoms with E-state index >= 15 is 0 Å². The smallest absolute Gasteiger partial charge is 0.870 e. The molecule has 12 aromatic rings. The molecular weight excluding hydrogens is 1410 g/mol. The minimum atomic E-state index is -1.29. The Morgan fingerprint density at radius 3 is 1.19 bits per heavy atom. The van der Waals surface area contributed by atoms with Gasteiger partial charge in [0.15, 0.2) is 16.3 Å². The fourth-order valence-electron chi connectivity index (χ4n) is 11.4. The van der Waals surface area contributed by atoms with E-state index in [0.29, 0.717) is 130 Å². The summed E-state index contributed by atoms with van der Waals surface area (Å²) in [4.78, 5) is 110. The van der Waals surface area contributed by atoms with Gasteiger partial charge in [-0.05, 0) is 86.1 Å². The molecule has 0 aliphatic carbocycles. The van der Waals surface area contributed by atoms with E-state index in [-0.39, 0.29) is 111 Å². The molecule has 3 aromatic carbocycles. The number of carboxylic acids is 2. The number of ether oxygens (including phenoxy) is 1. The van der Waals surface area contributed by atoms with Crippen LogP contribution in [0.15, 0.2) is 143 Å².